The standard InChI is InChI=1S/C26H27N3O6S/c1-28(26(30)16-18-7-5-9-21(15-18)35-2)23-11-6-8-19-13-14-20(17-22(19)23)27-36(33,34)25-12-4-3-10-24(25)29(31)32/h3-5,7,9-10,12-15,17,23,27H,6,8,11,16H2,1-2H3. The van der Waals surface area contributed by atoms with Crippen LogP contribution in [0.4, 0.5) is 11.4 Å². The number of rotatable bonds is 8. The number of amides is 1. The molecule has 1 N–H and O–H groups in total. The number of anilines is 1. The van der Waals surface area contributed by atoms with E-state index in [9.17, 15) is 23.3 Å². The molecule has 0 aromatic heterocycles. The minimum absolute atomic E-state index is 0.0630. The molecule has 0 saturated carbocycles. The summed E-state index contributed by atoms with van der Waals surface area (Å²) in [6, 6.07) is 17.6. The lowest BCUT2D eigenvalue weighted by Crippen LogP contribution is -2.34. The molecule has 0 aliphatic heterocycles. The molecular formula is C26H27N3O6S. The van der Waals surface area contributed by atoms with Gasteiger partial charge in [-0.15, -0.1) is 0 Å². The van der Waals surface area contributed by atoms with Gasteiger partial charge in [-0.2, -0.15) is 0 Å². The molecule has 0 fully saturated rings. The van der Waals surface area contributed by atoms with Gasteiger partial charge in [-0.05, 0) is 66.3 Å². The van der Waals surface area contributed by atoms with E-state index in [-0.39, 0.29) is 24.1 Å². The second-order valence-corrected chi connectivity index (χ2v) is 10.3. The molecule has 0 bridgehead atoms. The number of ether oxygens (including phenoxy) is 1. The Kier molecular flexibility index (Phi) is 7.25. The molecule has 3 aromatic carbocycles. The van der Waals surface area contributed by atoms with Gasteiger partial charge in [-0.25, -0.2) is 8.42 Å². The number of nitrogens with zero attached hydrogens (tertiary/aromatic N) is 2. The average Bonchev–Trinajstić information content (AvgIpc) is 2.87. The van der Waals surface area contributed by atoms with Crippen LogP contribution in [-0.4, -0.2) is 38.3 Å². The van der Waals surface area contributed by atoms with Crippen LogP contribution in [0.5, 0.6) is 5.75 Å². The van der Waals surface area contributed by atoms with E-state index < -0.39 is 25.5 Å². The lowest BCUT2D eigenvalue weighted by molar-refractivity contribution is -0.387. The van der Waals surface area contributed by atoms with E-state index in [1.54, 1.807) is 31.2 Å². The van der Waals surface area contributed by atoms with Gasteiger partial charge >= 0.3 is 0 Å². The fraction of sp³-hybridized carbons (Fsp3) is 0.269. The number of sulfonamides is 1. The maximum absolute atomic E-state index is 13.1. The number of benzene rings is 3. The van der Waals surface area contributed by atoms with E-state index in [2.05, 4.69) is 4.72 Å². The molecule has 1 atom stereocenters. The van der Waals surface area contributed by atoms with Gasteiger partial charge in [0.05, 0.1) is 24.5 Å². The molecule has 0 heterocycles. The second kappa shape index (κ2) is 10.4. The lowest BCUT2D eigenvalue weighted by Gasteiger charge is -2.34. The van der Waals surface area contributed by atoms with E-state index in [4.69, 9.17) is 4.74 Å². The average molecular weight is 510 g/mol. The van der Waals surface area contributed by atoms with E-state index in [1.807, 2.05) is 30.3 Å². The fourth-order valence-corrected chi connectivity index (χ4v) is 5.76. The van der Waals surface area contributed by atoms with Crippen molar-refractivity contribution in [2.24, 2.45) is 0 Å². The number of fused-ring (bicyclic) bond motifs is 1. The van der Waals surface area contributed by atoms with Crippen molar-refractivity contribution in [2.45, 2.75) is 36.6 Å². The zero-order valence-corrected chi connectivity index (χ0v) is 20.8. The van der Waals surface area contributed by atoms with Gasteiger partial charge < -0.3 is 9.64 Å². The normalized spacial score (nSPS) is 15.0. The largest absolute Gasteiger partial charge is 0.497 e. The van der Waals surface area contributed by atoms with Gasteiger partial charge in [0.2, 0.25) is 5.91 Å². The van der Waals surface area contributed by atoms with Crippen LogP contribution in [0.25, 0.3) is 0 Å². The number of hydrogen-bond acceptors (Lipinski definition) is 6. The third-order valence-electron chi connectivity index (χ3n) is 6.38. The Morgan fingerprint density at radius 2 is 1.92 bits per heavy atom. The zero-order valence-electron chi connectivity index (χ0n) is 20.0. The van der Waals surface area contributed by atoms with Gasteiger partial charge in [0.15, 0.2) is 4.90 Å². The van der Waals surface area contributed by atoms with Gasteiger partial charge in [0.25, 0.3) is 15.7 Å². The van der Waals surface area contributed by atoms with Crippen molar-refractivity contribution in [3.8, 4) is 5.75 Å². The summed E-state index contributed by atoms with van der Waals surface area (Å²) < 4.78 is 33.7. The van der Waals surface area contributed by atoms with Crippen LogP contribution in [0.1, 0.15) is 35.6 Å². The van der Waals surface area contributed by atoms with Gasteiger partial charge in [0, 0.05) is 18.8 Å². The van der Waals surface area contributed by atoms with Crippen molar-refractivity contribution in [2.75, 3.05) is 18.9 Å². The van der Waals surface area contributed by atoms with E-state index in [0.29, 0.717) is 5.75 Å². The number of nitro groups is 1. The van der Waals surface area contributed by atoms with Crippen molar-refractivity contribution < 1.29 is 22.9 Å². The number of carbonyl (C=O) groups is 1. The molecule has 3 aromatic rings. The third kappa shape index (κ3) is 5.33. The summed E-state index contributed by atoms with van der Waals surface area (Å²) in [5.41, 5.74) is 2.54. The van der Waals surface area contributed by atoms with Crippen LogP contribution in [0, 0.1) is 10.1 Å². The molecule has 36 heavy (non-hydrogen) atoms. The SMILES string of the molecule is COc1cccc(CC(=O)N(C)C2CCCc3ccc(NS(=O)(=O)c4ccccc4[N+](=O)[O-])cc32)c1. The summed E-state index contributed by atoms with van der Waals surface area (Å²) in [6.07, 6.45) is 2.67. The number of para-hydroxylation sites is 1. The first kappa shape index (κ1) is 25.2. The highest BCUT2D eigenvalue weighted by Crippen LogP contribution is 2.36. The first-order valence-corrected chi connectivity index (χ1v) is 13.0. The van der Waals surface area contributed by atoms with Gasteiger partial charge in [0.1, 0.15) is 5.75 Å². The molecule has 4 rings (SSSR count). The molecule has 0 spiro atoms. The lowest BCUT2D eigenvalue weighted by atomic mass is 9.86. The molecule has 0 saturated heterocycles. The number of nitro benzene ring substituents is 1. The van der Waals surface area contributed by atoms with E-state index in [0.717, 1.165) is 42.0 Å². The molecule has 188 valence electrons. The highest BCUT2D eigenvalue weighted by atomic mass is 32.2. The topological polar surface area (TPSA) is 119 Å². The molecule has 9 nitrogen and oxygen atoms in total. The first-order chi connectivity index (χ1) is 17.2. The van der Waals surface area contributed by atoms with Gasteiger partial charge in [-0.1, -0.05) is 30.3 Å². The Morgan fingerprint density at radius 3 is 2.67 bits per heavy atom. The molecule has 1 aliphatic carbocycles. The van der Waals surface area contributed by atoms with Crippen LogP contribution in [0.2, 0.25) is 0 Å². The minimum Gasteiger partial charge on any atom is -0.497 e. The van der Waals surface area contributed by atoms with Crippen molar-refractivity contribution in [1.29, 1.82) is 0 Å². The second-order valence-electron chi connectivity index (χ2n) is 8.68. The number of hydrogen-bond donors (Lipinski definition) is 1. The Bertz CT molecular complexity index is 1410. The smallest absolute Gasteiger partial charge is 0.289 e. The zero-order chi connectivity index (χ0) is 25.9. The summed E-state index contributed by atoms with van der Waals surface area (Å²) in [5, 5.41) is 11.3. The van der Waals surface area contributed by atoms with Crippen molar-refractivity contribution in [1.82, 2.24) is 4.90 Å². The molecule has 1 aliphatic rings. The third-order valence-corrected chi connectivity index (χ3v) is 7.81. The van der Waals surface area contributed by atoms with Crippen molar-refractivity contribution in [3.05, 3.63) is 93.5 Å². The predicted octanol–water partition coefficient (Wildman–Crippen LogP) is 4.48. The summed E-state index contributed by atoms with van der Waals surface area (Å²) in [4.78, 5) is 25.0. The molecule has 10 heteroatoms. The highest BCUT2D eigenvalue weighted by molar-refractivity contribution is 7.92. The van der Waals surface area contributed by atoms with Crippen molar-refractivity contribution >= 4 is 27.3 Å². The summed E-state index contributed by atoms with van der Waals surface area (Å²) in [5.74, 6) is 0.619. The quantitative estimate of drug-likeness (QED) is 0.353. The number of nitrogens with one attached hydrogen (secondary N) is 1. The predicted molar refractivity (Wildman–Crippen MR) is 135 cm³/mol. The molecular weight excluding hydrogens is 482 g/mol. The van der Waals surface area contributed by atoms with Gasteiger partial charge in [-0.3, -0.25) is 19.6 Å². The van der Waals surface area contributed by atoms with Crippen molar-refractivity contribution in [3.63, 3.8) is 0 Å². The van der Waals surface area contributed by atoms with Crippen LogP contribution in [-0.2, 0) is 27.7 Å². The Hall–Kier alpha value is -3.92. The number of aryl methyl sites for hydroxylation is 1. The van der Waals surface area contributed by atoms with Crippen LogP contribution in [0.15, 0.2) is 71.6 Å². The van der Waals surface area contributed by atoms with Crippen LogP contribution in [0.3, 0.4) is 0 Å². The Morgan fingerprint density at radius 1 is 1.14 bits per heavy atom. The number of carbonyl (C=O) groups excluding carboxylic acids is 1. The highest BCUT2D eigenvalue weighted by Gasteiger charge is 2.29. The molecule has 1 amide bonds. The Balaban J connectivity index is 1.58. The fourth-order valence-electron chi connectivity index (χ4n) is 4.54. The maximum atomic E-state index is 13.1. The van der Waals surface area contributed by atoms with E-state index >= 15 is 0 Å². The Labute approximate surface area is 209 Å². The number of likely N-dealkylation sites (N-methyl/N-ethyl adjacent to an activating group) is 1. The minimum atomic E-state index is -4.20. The monoisotopic (exact) mass is 509 g/mol. The first-order valence-electron chi connectivity index (χ1n) is 11.5. The maximum Gasteiger partial charge on any atom is 0.289 e. The summed E-state index contributed by atoms with van der Waals surface area (Å²) in [7, 11) is -0.867. The molecule has 1 unspecified atom stereocenters. The molecule has 0 radical (unpaired) electrons. The van der Waals surface area contributed by atoms with Crippen LogP contribution >= 0.6 is 0 Å². The van der Waals surface area contributed by atoms with E-state index in [1.165, 1.54) is 18.2 Å². The summed E-state index contributed by atoms with van der Waals surface area (Å²) >= 11 is 0. The van der Waals surface area contributed by atoms with Crippen LogP contribution < -0.4 is 9.46 Å². The number of methoxy groups -OCH3 is 1. The summed E-state index contributed by atoms with van der Waals surface area (Å²) in [6.45, 7) is 0.